The van der Waals surface area contributed by atoms with Crippen LogP contribution in [0.5, 0.6) is 0 Å². The number of urea groups is 1. The molecule has 1 aliphatic rings. The van der Waals surface area contributed by atoms with Crippen LogP contribution in [0.15, 0.2) is 30.3 Å². The van der Waals surface area contributed by atoms with Crippen LogP contribution in [-0.4, -0.2) is 35.2 Å². The lowest BCUT2D eigenvalue weighted by Gasteiger charge is -2.30. The summed E-state index contributed by atoms with van der Waals surface area (Å²) in [6.45, 7) is 1.71. The van der Waals surface area contributed by atoms with Crippen molar-refractivity contribution in [2.45, 2.75) is 25.5 Å². The third-order valence-electron chi connectivity index (χ3n) is 2.97. The predicted octanol–water partition coefficient (Wildman–Crippen LogP) is 1.35. The minimum absolute atomic E-state index is 0.0902. The Labute approximate surface area is 101 Å². The molecular formula is C13H18N2O2. The van der Waals surface area contributed by atoms with E-state index in [0.29, 0.717) is 13.1 Å². The van der Waals surface area contributed by atoms with Crippen molar-refractivity contribution in [3.63, 3.8) is 0 Å². The number of rotatable bonds is 2. The van der Waals surface area contributed by atoms with Gasteiger partial charge in [0.2, 0.25) is 0 Å². The average Bonchev–Trinajstić information content (AvgIpc) is 2.37. The van der Waals surface area contributed by atoms with Gasteiger partial charge in [-0.25, -0.2) is 4.79 Å². The average molecular weight is 234 g/mol. The first-order chi connectivity index (χ1) is 8.25. The maximum Gasteiger partial charge on any atom is 0.317 e. The smallest absolute Gasteiger partial charge is 0.317 e. The minimum Gasteiger partial charge on any atom is -0.391 e. The molecule has 4 heteroatoms. The number of benzene rings is 1. The number of carbonyl (C=O) groups excluding carboxylic acids is 1. The van der Waals surface area contributed by atoms with Crippen molar-refractivity contribution >= 4 is 6.03 Å². The lowest BCUT2D eigenvalue weighted by atomic mass is 10.1. The Morgan fingerprint density at radius 2 is 2.18 bits per heavy atom. The van der Waals surface area contributed by atoms with Crippen LogP contribution in [0.2, 0.25) is 0 Å². The number of aliphatic hydroxyl groups is 1. The van der Waals surface area contributed by atoms with Crippen molar-refractivity contribution in [2.24, 2.45) is 0 Å². The molecule has 0 bridgehead atoms. The maximum absolute atomic E-state index is 11.8. The Balaban J connectivity index is 1.81. The SMILES string of the molecule is O=C(NCc1ccccc1)N1CCCC(O)C1. The summed E-state index contributed by atoms with van der Waals surface area (Å²) in [7, 11) is 0. The highest BCUT2D eigenvalue weighted by molar-refractivity contribution is 5.74. The third kappa shape index (κ3) is 3.46. The molecule has 17 heavy (non-hydrogen) atoms. The summed E-state index contributed by atoms with van der Waals surface area (Å²) in [4.78, 5) is 13.5. The second-order valence-electron chi connectivity index (χ2n) is 4.39. The predicted molar refractivity (Wildman–Crippen MR) is 65.5 cm³/mol. The van der Waals surface area contributed by atoms with E-state index in [1.54, 1.807) is 4.90 Å². The second-order valence-corrected chi connectivity index (χ2v) is 4.39. The molecule has 2 rings (SSSR count). The Morgan fingerprint density at radius 1 is 1.41 bits per heavy atom. The van der Waals surface area contributed by atoms with Crippen molar-refractivity contribution in [1.29, 1.82) is 0 Å². The maximum atomic E-state index is 11.8. The summed E-state index contributed by atoms with van der Waals surface area (Å²) < 4.78 is 0. The van der Waals surface area contributed by atoms with Crippen LogP contribution in [0.4, 0.5) is 4.79 Å². The summed E-state index contributed by atoms with van der Waals surface area (Å²) in [5, 5.41) is 12.4. The first kappa shape index (κ1) is 11.9. The van der Waals surface area contributed by atoms with E-state index in [-0.39, 0.29) is 12.1 Å². The molecule has 1 saturated heterocycles. The fourth-order valence-corrected chi connectivity index (χ4v) is 2.02. The Kier molecular flexibility index (Phi) is 3.98. The molecule has 0 radical (unpaired) electrons. The van der Waals surface area contributed by atoms with Gasteiger partial charge >= 0.3 is 6.03 Å². The summed E-state index contributed by atoms with van der Waals surface area (Å²) in [6, 6.07) is 9.72. The summed E-state index contributed by atoms with van der Waals surface area (Å²) in [5.74, 6) is 0. The van der Waals surface area contributed by atoms with Crippen LogP contribution in [0.3, 0.4) is 0 Å². The number of carbonyl (C=O) groups is 1. The van der Waals surface area contributed by atoms with Crippen LogP contribution < -0.4 is 5.32 Å². The van der Waals surface area contributed by atoms with Gasteiger partial charge in [-0.1, -0.05) is 30.3 Å². The highest BCUT2D eigenvalue weighted by atomic mass is 16.3. The summed E-state index contributed by atoms with van der Waals surface area (Å²) in [6.07, 6.45) is 1.30. The first-order valence-corrected chi connectivity index (χ1v) is 6.00. The topological polar surface area (TPSA) is 52.6 Å². The molecule has 0 aromatic heterocycles. The van der Waals surface area contributed by atoms with Gasteiger partial charge in [-0.3, -0.25) is 0 Å². The Morgan fingerprint density at radius 3 is 2.88 bits per heavy atom. The van der Waals surface area contributed by atoms with Crippen LogP contribution in [0.25, 0.3) is 0 Å². The molecule has 1 aromatic rings. The fourth-order valence-electron chi connectivity index (χ4n) is 2.02. The molecule has 2 N–H and O–H groups in total. The van der Waals surface area contributed by atoms with Gasteiger partial charge in [-0.15, -0.1) is 0 Å². The number of hydrogen-bond acceptors (Lipinski definition) is 2. The quantitative estimate of drug-likeness (QED) is 0.811. The van der Waals surface area contributed by atoms with Gasteiger partial charge in [0.05, 0.1) is 6.10 Å². The van der Waals surface area contributed by atoms with E-state index in [9.17, 15) is 9.90 Å². The molecule has 0 aliphatic carbocycles. The first-order valence-electron chi connectivity index (χ1n) is 6.00. The van der Waals surface area contributed by atoms with Crippen molar-refractivity contribution in [1.82, 2.24) is 10.2 Å². The van der Waals surface area contributed by atoms with Gasteiger partial charge < -0.3 is 15.3 Å². The zero-order valence-corrected chi connectivity index (χ0v) is 9.80. The minimum atomic E-state index is -0.369. The van der Waals surface area contributed by atoms with E-state index in [1.807, 2.05) is 30.3 Å². The largest absolute Gasteiger partial charge is 0.391 e. The molecule has 1 aromatic carbocycles. The van der Waals surface area contributed by atoms with Gasteiger partial charge in [0.25, 0.3) is 0 Å². The molecule has 0 spiro atoms. The molecule has 4 nitrogen and oxygen atoms in total. The van der Waals surface area contributed by atoms with Crippen molar-refractivity contribution in [3.05, 3.63) is 35.9 Å². The molecule has 2 amide bonds. The number of hydrogen-bond donors (Lipinski definition) is 2. The third-order valence-corrected chi connectivity index (χ3v) is 2.97. The lowest BCUT2D eigenvalue weighted by Crippen LogP contribution is -2.46. The van der Waals surface area contributed by atoms with Gasteiger partial charge in [0.1, 0.15) is 0 Å². The van der Waals surface area contributed by atoms with Crippen LogP contribution in [0.1, 0.15) is 18.4 Å². The molecule has 1 fully saturated rings. The van der Waals surface area contributed by atoms with Crippen molar-refractivity contribution < 1.29 is 9.90 Å². The van der Waals surface area contributed by atoms with Gasteiger partial charge in [0, 0.05) is 19.6 Å². The molecule has 1 aliphatic heterocycles. The van der Waals surface area contributed by atoms with Crippen molar-refractivity contribution in [3.8, 4) is 0 Å². The number of nitrogens with zero attached hydrogens (tertiary/aromatic N) is 1. The highest BCUT2D eigenvalue weighted by Crippen LogP contribution is 2.09. The monoisotopic (exact) mass is 234 g/mol. The summed E-state index contributed by atoms with van der Waals surface area (Å²) >= 11 is 0. The van der Waals surface area contributed by atoms with E-state index in [2.05, 4.69) is 5.32 Å². The molecule has 1 heterocycles. The number of amides is 2. The zero-order valence-electron chi connectivity index (χ0n) is 9.80. The molecule has 1 atom stereocenters. The normalized spacial score (nSPS) is 20.1. The van der Waals surface area contributed by atoms with Crippen LogP contribution >= 0.6 is 0 Å². The van der Waals surface area contributed by atoms with E-state index in [1.165, 1.54) is 0 Å². The van der Waals surface area contributed by atoms with Gasteiger partial charge in [0.15, 0.2) is 0 Å². The van der Waals surface area contributed by atoms with Crippen molar-refractivity contribution in [2.75, 3.05) is 13.1 Å². The summed E-state index contributed by atoms with van der Waals surface area (Å²) in [5.41, 5.74) is 1.08. The van der Waals surface area contributed by atoms with Crippen LogP contribution in [-0.2, 0) is 6.54 Å². The Hall–Kier alpha value is -1.55. The zero-order chi connectivity index (χ0) is 12.1. The van der Waals surface area contributed by atoms with Gasteiger partial charge in [-0.05, 0) is 18.4 Å². The lowest BCUT2D eigenvalue weighted by molar-refractivity contribution is 0.0842. The van der Waals surface area contributed by atoms with Gasteiger partial charge in [-0.2, -0.15) is 0 Å². The number of nitrogens with one attached hydrogen (secondary N) is 1. The number of β-amino-alcohol motifs (C(OH)–C–C–N with tert-alkyl or cyclic N) is 1. The van der Waals surface area contributed by atoms with E-state index in [4.69, 9.17) is 0 Å². The molecular weight excluding hydrogens is 216 g/mol. The molecule has 1 unspecified atom stereocenters. The van der Waals surface area contributed by atoms with Crippen LogP contribution in [0, 0.1) is 0 Å². The number of piperidine rings is 1. The molecule has 92 valence electrons. The van der Waals surface area contributed by atoms with E-state index >= 15 is 0 Å². The molecule has 0 saturated carbocycles. The standard InChI is InChI=1S/C13H18N2O2/c16-12-7-4-8-15(10-12)13(17)14-9-11-5-2-1-3-6-11/h1-3,5-6,12,16H,4,7-10H2,(H,14,17). The second kappa shape index (κ2) is 5.68. The van der Waals surface area contributed by atoms with E-state index in [0.717, 1.165) is 24.9 Å². The number of aliphatic hydroxyl groups excluding tert-OH is 1. The Bertz CT molecular complexity index is 367. The van der Waals surface area contributed by atoms with E-state index < -0.39 is 0 Å². The highest BCUT2D eigenvalue weighted by Gasteiger charge is 2.21. The fraction of sp³-hybridized carbons (Fsp3) is 0.462. The number of likely N-dealkylation sites (tertiary alicyclic amines) is 1.